The van der Waals surface area contributed by atoms with E-state index < -0.39 is 39.4 Å². The molecule has 4 aromatic rings. The average molecular weight is 516 g/mol. The molecule has 37 heavy (non-hydrogen) atoms. The first-order valence-electron chi connectivity index (χ1n) is 11.4. The molecular formula is C27H21N3O6S. The van der Waals surface area contributed by atoms with Crippen molar-refractivity contribution in [3.8, 4) is 17.0 Å². The summed E-state index contributed by atoms with van der Waals surface area (Å²) in [5, 5.41) is 0. The van der Waals surface area contributed by atoms with Crippen LogP contribution in [0.4, 0.5) is 0 Å². The number of fused-ring (bicyclic) bond motifs is 2. The van der Waals surface area contributed by atoms with Crippen molar-refractivity contribution in [2.24, 2.45) is 0 Å². The molecule has 186 valence electrons. The molecule has 0 N–H and O–H groups in total. The van der Waals surface area contributed by atoms with Crippen molar-refractivity contribution >= 4 is 38.7 Å². The van der Waals surface area contributed by atoms with E-state index in [-0.39, 0.29) is 23.3 Å². The van der Waals surface area contributed by atoms with Crippen molar-refractivity contribution in [3.63, 3.8) is 0 Å². The van der Waals surface area contributed by atoms with Crippen LogP contribution in [0.15, 0.2) is 79.0 Å². The third-order valence-electron chi connectivity index (χ3n) is 5.99. The van der Waals surface area contributed by atoms with Gasteiger partial charge in [0, 0.05) is 11.8 Å². The first kappa shape index (κ1) is 24.3. The zero-order chi connectivity index (χ0) is 26.2. The first-order valence-corrected chi connectivity index (χ1v) is 13.5. The standard InChI is InChI=1S/C27H21N3O6S/c1-37(34,35)15-14-24(30-25(31)19-6-2-3-7-20(19)26(30)32)27(33)36-18-12-10-17(11-13-18)23-16-28-21-8-4-5-9-22(21)29-23/h2-13,16,24H,14-15H2,1H3. The lowest BCUT2D eigenvalue weighted by Crippen LogP contribution is -2.47. The quantitative estimate of drug-likeness (QED) is 0.209. The van der Waals surface area contributed by atoms with Gasteiger partial charge in [-0.3, -0.25) is 19.5 Å². The molecule has 2 amide bonds. The van der Waals surface area contributed by atoms with Gasteiger partial charge in [0.1, 0.15) is 21.6 Å². The number of benzene rings is 3. The molecule has 2 heterocycles. The van der Waals surface area contributed by atoms with E-state index >= 15 is 0 Å². The molecule has 0 fully saturated rings. The van der Waals surface area contributed by atoms with Crippen molar-refractivity contribution in [3.05, 3.63) is 90.1 Å². The van der Waals surface area contributed by atoms with E-state index in [1.54, 1.807) is 42.6 Å². The van der Waals surface area contributed by atoms with Crippen molar-refractivity contribution in [2.75, 3.05) is 12.0 Å². The lowest BCUT2D eigenvalue weighted by molar-refractivity contribution is -0.138. The fourth-order valence-electron chi connectivity index (χ4n) is 4.14. The normalized spacial score (nSPS) is 14.0. The largest absolute Gasteiger partial charge is 0.425 e. The summed E-state index contributed by atoms with van der Waals surface area (Å²) in [4.78, 5) is 48.9. The molecule has 1 aromatic heterocycles. The van der Waals surface area contributed by atoms with Gasteiger partial charge in [0.05, 0.1) is 39.8 Å². The Hall–Kier alpha value is -4.44. The van der Waals surface area contributed by atoms with Crippen LogP contribution in [0.3, 0.4) is 0 Å². The SMILES string of the molecule is CS(=O)(=O)CCC(C(=O)Oc1ccc(-c2cnc3ccccc3n2)cc1)N1C(=O)c2ccccc2C1=O. The minimum absolute atomic E-state index is 0.158. The topological polar surface area (TPSA) is 124 Å². The number of aromatic nitrogens is 2. The summed E-state index contributed by atoms with van der Waals surface area (Å²) in [5.74, 6) is -2.47. The van der Waals surface area contributed by atoms with Crippen LogP contribution < -0.4 is 4.74 Å². The van der Waals surface area contributed by atoms with E-state index in [0.29, 0.717) is 5.69 Å². The highest BCUT2D eigenvalue weighted by Gasteiger charge is 2.43. The van der Waals surface area contributed by atoms with Gasteiger partial charge in [-0.1, -0.05) is 24.3 Å². The zero-order valence-electron chi connectivity index (χ0n) is 19.7. The van der Waals surface area contributed by atoms with Crippen LogP contribution in [0, 0.1) is 0 Å². The van der Waals surface area contributed by atoms with Crippen molar-refractivity contribution in [1.82, 2.24) is 14.9 Å². The average Bonchev–Trinajstić information content (AvgIpc) is 3.14. The Balaban J connectivity index is 1.38. The van der Waals surface area contributed by atoms with Crippen LogP contribution in [0.2, 0.25) is 0 Å². The number of sulfone groups is 1. The van der Waals surface area contributed by atoms with Gasteiger partial charge in [-0.05, 0) is 55.0 Å². The van der Waals surface area contributed by atoms with E-state index in [9.17, 15) is 22.8 Å². The van der Waals surface area contributed by atoms with E-state index in [0.717, 1.165) is 27.8 Å². The number of para-hydroxylation sites is 2. The predicted octanol–water partition coefficient (Wildman–Crippen LogP) is 3.30. The highest BCUT2D eigenvalue weighted by atomic mass is 32.2. The fourth-order valence-corrected chi connectivity index (χ4v) is 4.79. The van der Waals surface area contributed by atoms with Crippen molar-refractivity contribution in [2.45, 2.75) is 12.5 Å². The maximum absolute atomic E-state index is 13.2. The summed E-state index contributed by atoms with van der Waals surface area (Å²) in [7, 11) is -3.48. The lowest BCUT2D eigenvalue weighted by Gasteiger charge is -2.24. The highest BCUT2D eigenvalue weighted by molar-refractivity contribution is 7.90. The van der Waals surface area contributed by atoms with Gasteiger partial charge in [0.2, 0.25) is 0 Å². The number of hydrogen-bond donors (Lipinski definition) is 0. The monoisotopic (exact) mass is 515 g/mol. The third kappa shape index (κ3) is 4.96. The summed E-state index contributed by atoms with van der Waals surface area (Å²) in [5.41, 5.74) is 3.20. The zero-order valence-corrected chi connectivity index (χ0v) is 20.5. The molecule has 1 aliphatic heterocycles. The van der Waals surface area contributed by atoms with Gasteiger partial charge in [0.15, 0.2) is 0 Å². The van der Waals surface area contributed by atoms with E-state index in [1.807, 2.05) is 24.3 Å². The van der Waals surface area contributed by atoms with Gasteiger partial charge in [0.25, 0.3) is 11.8 Å². The maximum Gasteiger partial charge on any atom is 0.334 e. The molecule has 10 heteroatoms. The summed E-state index contributed by atoms with van der Waals surface area (Å²) >= 11 is 0. The number of nitrogens with zero attached hydrogens (tertiary/aromatic N) is 3. The van der Waals surface area contributed by atoms with Gasteiger partial charge in [-0.2, -0.15) is 0 Å². The summed E-state index contributed by atoms with van der Waals surface area (Å²) < 4.78 is 29.1. The Morgan fingerprint density at radius 3 is 2.11 bits per heavy atom. The minimum atomic E-state index is -3.48. The Kier molecular flexibility index (Phi) is 6.26. The number of rotatable bonds is 7. The Labute approximate surface area is 212 Å². The first-order chi connectivity index (χ1) is 17.7. The van der Waals surface area contributed by atoms with Gasteiger partial charge >= 0.3 is 5.97 Å². The molecule has 5 rings (SSSR count). The molecule has 0 saturated carbocycles. The molecular weight excluding hydrogens is 494 g/mol. The number of esters is 1. The molecule has 9 nitrogen and oxygen atoms in total. The lowest BCUT2D eigenvalue weighted by atomic mass is 10.1. The molecule has 3 aromatic carbocycles. The second-order valence-electron chi connectivity index (χ2n) is 8.65. The molecule has 0 spiro atoms. The second-order valence-corrected chi connectivity index (χ2v) is 10.9. The van der Waals surface area contributed by atoms with Gasteiger partial charge in [-0.15, -0.1) is 0 Å². The summed E-state index contributed by atoms with van der Waals surface area (Å²) in [6, 6.07) is 18.8. The van der Waals surface area contributed by atoms with E-state index in [1.165, 1.54) is 12.1 Å². The number of hydrogen-bond acceptors (Lipinski definition) is 8. The maximum atomic E-state index is 13.2. The number of carbonyl (C=O) groups is 3. The smallest absolute Gasteiger partial charge is 0.334 e. The van der Waals surface area contributed by atoms with Crippen molar-refractivity contribution in [1.29, 1.82) is 0 Å². The predicted molar refractivity (Wildman–Crippen MR) is 136 cm³/mol. The molecule has 1 unspecified atom stereocenters. The van der Waals surface area contributed by atoms with Crippen LogP contribution in [-0.2, 0) is 14.6 Å². The second kappa shape index (κ2) is 9.55. The highest BCUT2D eigenvalue weighted by Crippen LogP contribution is 2.28. The van der Waals surface area contributed by atoms with E-state index in [2.05, 4.69) is 9.97 Å². The minimum Gasteiger partial charge on any atom is -0.425 e. The fraction of sp³-hybridized carbons (Fsp3) is 0.148. The molecule has 0 saturated heterocycles. The third-order valence-corrected chi connectivity index (χ3v) is 6.97. The number of carbonyl (C=O) groups excluding carboxylic acids is 3. The molecule has 1 aliphatic rings. The van der Waals surface area contributed by atoms with E-state index in [4.69, 9.17) is 4.74 Å². The number of imide groups is 1. The van der Waals surface area contributed by atoms with Crippen molar-refractivity contribution < 1.29 is 27.5 Å². The van der Waals surface area contributed by atoms with Gasteiger partial charge in [-0.25, -0.2) is 18.2 Å². The summed E-state index contributed by atoms with van der Waals surface area (Å²) in [6.45, 7) is 0. The molecule has 0 radical (unpaired) electrons. The van der Waals surface area contributed by atoms with Crippen LogP contribution >= 0.6 is 0 Å². The Morgan fingerprint density at radius 1 is 0.892 bits per heavy atom. The Bertz CT molecular complexity index is 1620. The van der Waals surface area contributed by atoms with Crippen LogP contribution in [0.1, 0.15) is 27.1 Å². The number of amides is 2. The Morgan fingerprint density at radius 2 is 1.49 bits per heavy atom. The summed E-state index contributed by atoms with van der Waals surface area (Å²) in [6.07, 6.45) is 2.38. The van der Waals surface area contributed by atoms with Crippen LogP contribution in [0.25, 0.3) is 22.3 Å². The molecule has 0 aliphatic carbocycles. The van der Waals surface area contributed by atoms with Gasteiger partial charge < -0.3 is 4.74 Å². The van der Waals surface area contributed by atoms with Crippen LogP contribution in [-0.4, -0.2) is 59.1 Å². The molecule has 0 bridgehead atoms. The number of ether oxygens (including phenoxy) is 1. The van der Waals surface area contributed by atoms with Crippen LogP contribution in [0.5, 0.6) is 5.75 Å². The molecule has 1 atom stereocenters.